The van der Waals surface area contributed by atoms with Crippen LogP contribution in [0.25, 0.3) is 0 Å². The van der Waals surface area contributed by atoms with E-state index in [4.69, 9.17) is 5.11 Å². The van der Waals surface area contributed by atoms with E-state index in [1.165, 1.54) is 0 Å². The highest BCUT2D eigenvalue weighted by molar-refractivity contribution is 6.00. The molecule has 6 heteroatoms. The summed E-state index contributed by atoms with van der Waals surface area (Å²) in [4.78, 5) is 26.5. The van der Waals surface area contributed by atoms with Gasteiger partial charge in [0.1, 0.15) is 0 Å². The lowest BCUT2D eigenvalue weighted by Crippen LogP contribution is -2.20. The van der Waals surface area contributed by atoms with E-state index in [-0.39, 0.29) is 6.42 Å². The number of hydrogen-bond donors (Lipinski definition) is 3. The smallest absolute Gasteiger partial charge is 0.323 e. The number of carboxylic acid groups (broad SMARTS) is 1. The molecule has 2 rings (SSSR count). The van der Waals surface area contributed by atoms with Crippen LogP contribution < -0.4 is 10.6 Å². The molecule has 0 saturated heterocycles. The van der Waals surface area contributed by atoms with Gasteiger partial charge in [0.25, 0.3) is 0 Å². The van der Waals surface area contributed by atoms with Crippen LogP contribution >= 0.6 is 0 Å². The first kappa shape index (κ1) is 14.5. The molecule has 2 amide bonds. The Labute approximate surface area is 121 Å². The van der Waals surface area contributed by atoms with Gasteiger partial charge in [0.05, 0.1) is 18.3 Å². The number of benzene rings is 1. The van der Waals surface area contributed by atoms with Crippen LogP contribution in [0.1, 0.15) is 11.1 Å². The van der Waals surface area contributed by atoms with Crippen molar-refractivity contribution in [3.8, 4) is 0 Å². The minimum Gasteiger partial charge on any atom is -0.481 e. The standard InChI is InChI=1S/C15H15N3O3/c1-10-5-6-16-9-13(10)18-15(21)17-12-4-2-3-11(7-12)8-14(19)20/h2-7,9H,8H2,1H3,(H,19,20)(H2,17,18,21). The summed E-state index contributed by atoms with van der Waals surface area (Å²) in [6.45, 7) is 1.87. The van der Waals surface area contributed by atoms with E-state index in [1.807, 2.05) is 6.92 Å². The number of carbonyl (C=O) groups is 2. The van der Waals surface area contributed by atoms with E-state index < -0.39 is 12.0 Å². The van der Waals surface area contributed by atoms with Crippen molar-refractivity contribution in [3.05, 3.63) is 53.9 Å². The highest BCUT2D eigenvalue weighted by Crippen LogP contribution is 2.14. The van der Waals surface area contributed by atoms with E-state index in [1.54, 1.807) is 42.7 Å². The molecule has 1 aromatic carbocycles. The summed E-state index contributed by atoms with van der Waals surface area (Å²) in [6.07, 6.45) is 3.13. The van der Waals surface area contributed by atoms with Gasteiger partial charge in [-0.3, -0.25) is 9.78 Å². The van der Waals surface area contributed by atoms with Crippen LogP contribution in [0.2, 0.25) is 0 Å². The van der Waals surface area contributed by atoms with Crippen LogP contribution in [0.4, 0.5) is 16.2 Å². The van der Waals surface area contributed by atoms with Gasteiger partial charge < -0.3 is 15.7 Å². The van der Waals surface area contributed by atoms with Crippen LogP contribution in [0.3, 0.4) is 0 Å². The number of carbonyl (C=O) groups excluding carboxylic acids is 1. The van der Waals surface area contributed by atoms with Gasteiger partial charge >= 0.3 is 12.0 Å². The number of urea groups is 1. The summed E-state index contributed by atoms with van der Waals surface area (Å²) in [5, 5.41) is 14.1. The normalized spacial score (nSPS) is 9.95. The number of anilines is 2. The Bertz CT molecular complexity index is 671. The maximum atomic E-state index is 11.9. The first-order chi connectivity index (χ1) is 10.0. The summed E-state index contributed by atoms with van der Waals surface area (Å²) in [5.41, 5.74) is 2.68. The molecule has 0 saturated carbocycles. The molecular weight excluding hydrogens is 270 g/mol. The first-order valence-electron chi connectivity index (χ1n) is 6.34. The molecule has 0 aliphatic carbocycles. The van der Waals surface area contributed by atoms with Crippen molar-refractivity contribution in [1.82, 2.24) is 4.98 Å². The second-order valence-electron chi connectivity index (χ2n) is 4.54. The van der Waals surface area contributed by atoms with Crippen LogP contribution in [0.15, 0.2) is 42.7 Å². The molecular formula is C15H15N3O3. The lowest BCUT2D eigenvalue weighted by Gasteiger charge is -2.10. The number of aryl methyl sites for hydroxylation is 1. The monoisotopic (exact) mass is 285 g/mol. The number of amides is 2. The fraction of sp³-hybridized carbons (Fsp3) is 0.133. The molecule has 0 radical (unpaired) electrons. The van der Waals surface area contributed by atoms with Gasteiger partial charge in [0.2, 0.25) is 0 Å². The van der Waals surface area contributed by atoms with E-state index in [0.29, 0.717) is 16.9 Å². The van der Waals surface area contributed by atoms with Crippen molar-refractivity contribution in [3.63, 3.8) is 0 Å². The van der Waals surface area contributed by atoms with Crippen molar-refractivity contribution >= 4 is 23.4 Å². The van der Waals surface area contributed by atoms with Crippen LogP contribution in [-0.4, -0.2) is 22.1 Å². The number of hydrogen-bond acceptors (Lipinski definition) is 3. The molecule has 0 spiro atoms. The number of rotatable bonds is 4. The molecule has 0 bridgehead atoms. The summed E-state index contributed by atoms with van der Waals surface area (Å²) >= 11 is 0. The lowest BCUT2D eigenvalue weighted by atomic mass is 10.1. The van der Waals surface area contributed by atoms with Gasteiger partial charge in [-0.15, -0.1) is 0 Å². The zero-order valence-electron chi connectivity index (χ0n) is 11.5. The van der Waals surface area contributed by atoms with E-state index >= 15 is 0 Å². The molecule has 0 atom stereocenters. The SMILES string of the molecule is Cc1ccncc1NC(=O)Nc1cccc(CC(=O)O)c1. The quantitative estimate of drug-likeness (QED) is 0.805. The molecule has 1 heterocycles. The molecule has 0 aliphatic heterocycles. The zero-order valence-corrected chi connectivity index (χ0v) is 11.5. The molecule has 6 nitrogen and oxygen atoms in total. The number of pyridine rings is 1. The van der Waals surface area contributed by atoms with E-state index in [0.717, 1.165) is 5.56 Å². The molecule has 2 aromatic rings. The van der Waals surface area contributed by atoms with Gasteiger partial charge in [-0.05, 0) is 36.2 Å². The second-order valence-corrected chi connectivity index (χ2v) is 4.54. The minimum atomic E-state index is -0.914. The van der Waals surface area contributed by atoms with Crippen molar-refractivity contribution in [2.24, 2.45) is 0 Å². The molecule has 108 valence electrons. The van der Waals surface area contributed by atoms with E-state index in [2.05, 4.69) is 15.6 Å². The van der Waals surface area contributed by atoms with Crippen molar-refractivity contribution in [2.75, 3.05) is 10.6 Å². The number of nitrogens with zero attached hydrogens (tertiary/aromatic N) is 1. The lowest BCUT2D eigenvalue weighted by molar-refractivity contribution is -0.136. The van der Waals surface area contributed by atoms with Gasteiger partial charge in [0, 0.05) is 11.9 Å². The molecule has 3 N–H and O–H groups in total. The number of aliphatic carboxylic acids is 1. The Hall–Kier alpha value is -2.89. The van der Waals surface area contributed by atoms with Gasteiger partial charge in [-0.25, -0.2) is 4.79 Å². The third kappa shape index (κ3) is 4.31. The summed E-state index contributed by atoms with van der Waals surface area (Å²) in [5.74, 6) is -0.914. The molecule has 0 aliphatic rings. The van der Waals surface area contributed by atoms with Crippen LogP contribution in [0.5, 0.6) is 0 Å². The molecule has 1 aromatic heterocycles. The Balaban J connectivity index is 2.03. The number of nitrogens with one attached hydrogen (secondary N) is 2. The fourth-order valence-corrected chi connectivity index (χ4v) is 1.81. The van der Waals surface area contributed by atoms with Crippen LogP contribution in [0, 0.1) is 6.92 Å². The zero-order chi connectivity index (χ0) is 15.2. The van der Waals surface area contributed by atoms with Crippen molar-refractivity contribution in [2.45, 2.75) is 13.3 Å². The Morgan fingerprint density at radius 2 is 2.05 bits per heavy atom. The summed E-state index contributed by atoms with van der Waals surface area (Å²) in [6, 6.07) is 8.11. The maximum Gasteiger partial charge on any atom is 0.323 e. The predicted molar refractivity (Wildman–Crippen MR) is 79.4 cm³/mol. The second kappa shape index (κ2) is 6.51. The highest BCUT2D eigenvalue weighted by Gasteiger charge is 2.06. The third-order valence-electron chi connectivity index (χ3n) is 2.83. The Morgan fingerprint density at radius 1 is 1.24 bits per heavy atom. The predicted octanol–water partition coefficient (Wildman–Crippen LogP) is 2.66. The first-order valence-corrected chi connectivity index (χ1v) is 6.34. The van der Waals surface area contributed by atoms with Gasteiger partial charge in [0.15, 0.2) is 0 Å². The summed E-state index contributed by atoms with van der Waals surface area (Å²) < 4.78 is 0. The van der Waals surface area contributed by atoms with Crippen LogP contribution in [-0.2, 0) is 11.2 Å². The minimum absolute atomic E-state index is 0.0845. The Morgan fingerprint density at radius 3 is 2.76 bits per heavy atom. The summed E-state index contributed by atoms with van der Waals surface area (Å²) in [7, 11) is 0. The van der Waals surface area contributed by atoms with Crippen molar-refractivity contribution in [1.29, 1.82) is 0 Å². The van der Waals surface area contributed by atoms with Crippen molar-refractivity contribution < 1.29 is 14.7 Å². The fourth-order valence-electron chi connectivity index (χ4n) is 1.81. The highest BCUT2D eigenvalue weighted by atomic mass is 16.4. The average molecular weight is 285 g/mol. The molecule has 21 heavy (non-hydrogen) atoms. The molecule has 0 fully saturated rings. The van der Waals surface area contributed by atoms with Gasteiger partial charge in [-0.2, -0.15) is 0 Å². The number of carboxylic acids is 1. The molecule has 0 unspecified atom stereocenters. The van der Waals surface area contributed by atoms with E-state index in [9.17, 15) is 9.59 Å². The van der Waals surface area contributed by atoms with Gasteiger partial charge in [-0.1, -0.05) is 12.1 Å². The average Bonchev–Trinajstić information content (AvgIpc) is 2.41. The topological polar surface area (TPSA) is 91.3 Å². The number of aromatic nitrogens is 1. The third-order valence-corrected chi connectivity index (χ3v) is 2.83. The largest absolute Gasteiger partial charge is 0.481 e. The maximum absolute atomic E-state index is 11.9. The Kier molecular flexibility index (Phi) is 4.50.